The lowest BCUT2D eigenvalue weighted by atomic mass is 9.90. The number of aryl methyl sites for hydroxylation is 2. The Labute approximate surface area is 172 Å². The first-order valence-corrected chi connectivity index (χ1v) is 9.91. The number of para-hydroxylation sites is 2. The van der Waals surface area contributed by atoms with Crippen LogP contribution in [-0.2, 0) is 14.3 Å². The van der Waals surface area contributed by atoms with E-state index in [1.165, 1.54) is 0 Å². The second kappa shape index (κ2) is 8.66. The molecule has 1 aliphatic heterocycles. The molecule has 2 N–H and O–H groups in total. The molecule has 0 spiro atoms. The van der Waals surface area contributed by atoms with Crippen LogP contribution in [-0.4, -0.2) is 38.1 Å². The van der Waals surface area contributed by atoms with E-state index in [1.807, 2.05) is 56.3 Å². The molecule has 1 fully saturated rings. The van der Waals surface area contributed by atoms with Crippen LogP contribution in [0.5, 0.6) is 0 Å². The Morgan fingerprint density at radius 3 is 2.21 bits per heavy atom. The highest BCUT2D eigenvalue weighted by Crippen LogP contribution is 2.29. The van der Waals surface area contributed by atoms with Crippen LogP contribution in [0.15, 0.2) is 42.5 Å². The summed E-state index contributed by atoms with van der Waals surface area (Å²) in [6.45, 7) is 10.1. The van der Waals surface area contributed by atoms with Gasteiger partial charge >= 0.3 is 0 Å². The van der Waals surface area contributed by atoms with Crippen LogP contribution in [0.2, 0.25) is 0 Å². The van der Waals surface area contributed by atoms with Gasteiger partial charge in [-0.1, -0.05) is 29.8 Å². The molecule has 29 heavy (non-hydrogen) atoms. The van der Waals surface area contributed by atoms with Crippen LogP contribution < -0.4 is 15.5 Å². The number of benzene rings is 2. The molecule has 0 aromatic heterocycles. The molecule has 0 atom stereocenters. The minimum Gasteiger partial charge on any atom is -0.378 e. The molecule has 154 valence electrons. The van der Waals surface area contributed by atoms with E-state index < -0.39 is 5.41 Å². The van der Waals surface area contributed by atoms with Crippen molar-refractivity contribution in [2.45, 2.75) is 27.7 Å². The number of morpholine rings is 1. The number of nitrogens with one attached hydrogen (secondary N) is 2. The molecular weight excluding hydrogens is 366 g/mol. The van der Waals surface area contributed by atoms with Crippen molar-refractivity contribution in [2.24, 2.45) is 5.41 Å². The third kappa shape index (κ3) is 4.77. The maximum atomic E-state index is 13.0. The van der Waals surface area contributed by atoms with Crippen molar-refractivity contribution >= 4 is 28.9 Å². The monoisotopic (exact) mass is 395 g/mol. The highest BCUT2D eigenvalue weighted by molar-refractivity contribution is 6.14. The summed E-state index contributed by atoms with van der Waals surface area (Å²) >= 11 is 0. The SMILES string of the molecule is Cc1ccc(NC(=O)C(C)(C)C(=O)Nc2ccccc2N2CCOCC2)c(C)c1. The average molecular weight is 396 g/mol. The van der Waals surface area contributed by atoms with Gasteiger partial charge in [-0.05, 0) is 51.5 Å². The highest BCUT2D eigenvalue weighted by Gasteiger charge is 2.37. The minimum atomic E-state index is -1.24. The van der Waals surface area contributed by atoms with Gasteiger partial charge in [-0.25, -0.2) is 0 Å². The van der Waals surface area contributed by atoms with Crippen LogP contribution in [0, 0.1) is 19.3 Å². The lowest BCUT2D eigenvalue weighted by molar-refractivity contribution is -0.135. The van der Waals surface area contributed by atoms with Crippen molar-refractivity contribution < 1.29 is 14.3 Å². The van der Waals surface area contributed by atoms with E-state index in [0.717, 1.165) is 35.6 Å². The Hall–Kier alpha value is -2.86. The number of ether oxygens (including phenoxy) is 1. The Kier molecular flexibility index (Phi) is 6.23. The lowest BCUT2D eigenvalue weighted by Gasteiger charge is -2.31. The average Bonchev–Trinajstić information content (AvgIpc) is 2.71. The van der Waals surface area contributed by atoms with E-state index >= 15 is 0 Å². The summed E-state index contributed by atoms with van der Waals surface area (Å²) in [6.07, 6.45) is 0. The van der Waals surface area contributed by atoms with Crippen LogP contribution in [0.4, 0.5) is 17.1 Å². The smallest absolute Gasteiger partial charge is 0.239 e. The molecule has 6 heteroatoms. The van der Waals surface area contributed by atoms with Crippen LogP contribution in [0.25, 0.3) is 0 Å². The standard InChI is InChI=1S/C23H29N3O3/c1-16-9-10-18(17(2)15-16)24-21(27)23(3,4)22(28)25-19-7-5-6-8-20(19)26-11-13-29-14-12-26/h5-10,15H,11-14H2,1-4H3,(H,24,27)(H,25,28). The Bertz CT molecular complexity index is 902. The molecule has 2 aromatic carbocycles. The molecule has 0 radical (unpaired) electrons. The topological polar surface area (TPSA) is 70.7 Å². The Morgan fingerprint density at radius 2 is 1.55 bits per heavy atom. The van der Waals surface area contributed by atoms with E-state index in [-0.39, 0.29) is 11.8 Å². The van der Waals surface area contributed by atoms with Crippen LogP contribution >= 0.6 is 0 Å². The molecule has 2 aromatic rings. The number of hydrogen-bond acceptors (Lipinski definition) is 4. The van der Waals surface area contributed by atoms with Crippen LogP contribution in [0.3, 0.4) is 0 Å². The molecule has 3 rings (SSSR count). The third-order valence-electron chi connectivity index (χ3n) is 5.27. The van der Waals surface area contributed by atoms with Crippen molar-refractivity contribution in [3.8, 4) is 0 Å². The molecular formula is C23H29N3O3. The highest BCUT2D eigenvalue weighted by atomic mass is 16.5. The van der Waals surface area contributed by atoms with Gasteiger partial charge in [-0.2, -0.15) is 0 Å². The van der Waals surface area contributed by atoms with Gasteiger partial charge in [0.2, 0.25) is 11.8 Å². The summed E-state index contributed by atoms with van der Waals surface area (Å²) in [4.78, 5) is 28.1. The number of carbonyl (C=O) groups excluding carboxylic acids is 2. The Morgan fingerprint density at radius 1 is 0.931 bits per heavy atom. The molecule has 1 aliphatic rings. The van der Waals surface area contributed by atoms with Gasteiger partial charge in [0.25, 0.3) is 0 Å². The van der Waals surface area contributed by atoms with Crippen molar-refractivity contribution in [3.63, 3.8) is 0 Å². The second-order valence-electron chi connectivity index (χ2n) is 7.97. The maximum Gasteiger partial charge on any atom is 0.239 e. The van der Waals surface area contributed by atoms with E-state index in [2.05, 4.69) is 15.5 Å². The molecule has 0 bridgehead atoms. The minimum absolute atomic E-state index is 0.342. The van der Waals surface area contributed by atoms with E-state index in [0.29, 0.717) is 18.9 Å². The van der Waals surface area contributed by atoms with Gasteiger partial charge in [-0.15, -0.1) is 0 Å². The van der Waals surface area contributed by atoms with E-state index in [1.54, 1.807) is 13.8 Å². The quantitative estimate of drug-likeness (QED) is 0.757. The summed E-state index contributed by atoms with van der Waals surface area (Å²) in [5.74, 6) is -0.689. The third-order valence-corrected chi connectivity index (χ3v) is 5.27. The summed E-state index contributed by atoms with van der Waals surface area (Å²) in [6, 6.07) is 13.5. The summed E-state index contributed by atoms with van der Waals surface area (Å²) < 4.78 is 5.42. The number of anilines is 3. The molecule has 0 aliphatic carbocycles. The molecule has 1 saturated heterocycles. The zero-order chi connectivity index (χ0) is 21.0. The fraction of sp³-hybridized carbons (Fsp3) is 0.391. The van der Waals surface area contributed by atoms with E-state index in [4.69, 9.17) is 4.74 Å². The maximum absolute atomic E-state index is 13.0. The predicted octanol–water partition coefficient (Wildman–Crippen LogP) is 3.74. The van der Waals surface area contributed by atoms with Gasteiger partial charge in [0.15, 0.2) is 0 Å². The first-order valence-electron chi connectivity index (χ1n) is 9.91. The van der Waals surface area contributed by atoms with Gasteiger partial charge in [0.05, 0.1) is 24.6 Å². The van der Waals surface area contributed by atoms with E-state index in [9.17, 15) is 9.59 Å². The lowest BCUT2D eigenvalue weighted by Crippen LogP contribution is -2.42. The first kappa shape index (κ1) is 20.9. The second-order valence-corrected chi connectivity index (χ2v) is 7.97. The first-order chi connectivity index (χ1) is 13.8. The summed E-state index contributed by atoms with van der Waals surface area (Å²) in [7, 11) is 0. The fourth-order valence-electron chi connectivity index (χ4n) is 3.27. The van der Waals surface area contributed by atoms with Gasteiger partial charge in [0, 0.05) is 18.8 Å². The van der Waals surface area contributed by atoms with Gasteiger partial charge in [-0.3, -0.25) is 9.59 Å². The molecule has 2 amide bonds. The molecule has 0 saturated carbocycles. The predicted molar refractivity (Wildman–Crippen MR) is 116 cm³/mol. The van der Waals surface area contributed by atoms with Crippen molar-refractivity contribution in [2.75, 3.05) is 41.8 Å². The van der Waals surface area contributed by atoms with Crippen molar-refractivity contribution in [1.82, 2.24) is 0 Å². The van der Waals surface area contributed by atoms with Crippen molar-refractivity contribution in [1.29, 1.82) is 0 Å². The van der Waals surface area contributed by atoms with Gasteiger partial charge in [0.1, 0.15) is 5.41 Å². The molecule has 1 heterocycles. The molecule has 0 unspecified atom stereocenters. The zero-order valence-corrected chi connectivity index (χ0v) is 17.5. The fourth-order valence-corrected chi connectivity index (χ4v) is 3.27. The van der Waals surface area contributed by atoms with Crippen LogP contribution in [0.1, 0.15) is 25.0 Å². The normalized spacial score (nSPS) is 14.4. The number of rotatable bonds is 5. The number of carbonyl (C=O) groups is 2. The summed E-state index contributed by atoms with van der Waals surface area (Å²) in [5.41, 5.74) is 3.20. The van der Waals surface area contributed by atoms with Crippen molar-refractivity contribution in [3.05, 3.63) is 53.6 Å². The summed E-state index contributed by atoms with van der Waals surface area (Å²) in [5, 5.41) is 5.85. The molecule has 6 nitrogen and oxygen atoms in total. The number of amides is 2. The van der Waals surface area contributed by atoms with Gasteiger partial charge < -0.3 is 20.3 Å². The Balaban J connectivity index is 1.74. The number of nitrogens with zero attached hydrogens (tertiary/aromatic N) is 1. The largest absolute Gasteiger partial charge is 0.378 e. The number of hydrogen-bond donors (Lipinski definition) is 2. The zero-order valence-electron chi connectivity index (χ0n) is 17.5.